The zero-order valence-electron chi connectivity index (χ0n) is 10.8. The van der Waals surface area contributed by atoms with Gasteiger partial charge in [-0.15, -0.1) is 0 Å². The van der Waals surface area contributed by atoms with E-state index < -0.39 is 10.0 Å². The molecule has 0 aliphatic carbocycles. The smallest absolute Gasteiger partial charge is 0.211 e. The Morgan fingerprint density at radius 2 is 1.89 bits per heavy atom. The third kappa shape index (κ3) is 6.74. The van der Waals surface area contributed by atoms with E-state index in [1.807, 2.05) is 30.3 Å². The van der Waals surface area contributed by atoms with Crippen LogP contribution in [-0.4, -0.2) is 34.4 Å². The van der Waals surface area contributed by atoms with Crippen LogP contribution < -0.4 is 4.72 Å². The van der Waals surface area contributed by atoms with E-state index >= 15 is 0 Å². The molecule has 0 atom stereocenters. The van der Waals surface area contributed by atoms with Crippen LogP contribution in [0.5, 0.6) is 0 Å². The zero-order chi connectivity index (χ0) is 13.3. The van der Waals surface area contributed by atoms with Crippen molar-refractivity contribution in [3.63, 3.8) is 0 Å². The molecule has 0 amide bonds. The lowest BCUT2D eigenvalue weighted by Crippen LogP contribution is -2.28. The van der Waals surface area contributed by atoms with E-state index in [4.69, 9.17) is 4.74 Å². The zero-order valence-corrected chi connectivity index (χ0v) is 11.6. The van der Waals surface area contributed by atoms with Crippen molar-refractivity contribution in [1.82, 2.24) is 4.72 Å². The van der Waals surface area contributed by atoms with Gasteiger partial charge in [-0.25, -0.2) is 13.1 Å². The van der Waals surface area contributed by atoms with E-state index in [2.05, 4.69) is 4.72 Å². The van der Waals surface area contributed by atoms with Gasteiger partial charge in [0.25, 0.3) is 0 Å². The molecule has 0 aliphatic heterocycles. The average Bonchev–Trinajstić information content (AvgIpc) is 2.36. The van der Waals surface area contributed by atoms with E-state index in [9.17, 15) is 8.42 Å². The number of hydrogen-bond donors (Lipinski definition) is 1. The molecule has 4 nitrogen and oxygen atoms in total. The Morgan fingerprint density at radius 1 is 1.17 bits per heavy atom. The minimum absolute atomic E-state index is 0.175. The molecule has 0 radical (unpaired) electrons. The Kier molecular flexibility index (Phi) is 6.93. The van der Waals surface area contributed by atoms with E-state index in [0.29, 0.717) is 26.0 Å². The topological polar surface area (TPSA) is 55.4 Å². The molecule has 1 aromatic carbocycles. The van der Waals surface area contributed by atoms with Crippen LogP contribution in [0.15, 0.2) is 30.3 Å². The van der Waals surface area contributed by atoms with Gasteiger partial charge in [0.1, 0.15) is 0 Å². The third-order valence-corrected chi connectivity index (χ3v) is 4.04. The molecule has 0 unspecified atom stereocenters. The summed E-state index contributed by atoms with van der Waals surface area (Å²) < 4.78 is 30.7. The average molecular weight is 271 g/mol. The highest BCUT2D eigenvalue weighted by Crippen LogP contribution is 2.03. The van der Waals surface area contributed by atoms with Crippen LogP contribution in [0.4, 0.5) is 0 Å². The molecule has 0 aromatic heterocycles. The summed E-state index contributed by atoms with van der Waals surface area (Å²) in [6.07, 6.45) is 2.14. The fourth-order valence-electron chi connectivity index (χ4n) is 1.63. The van der Waals surface area contributed by atoms with Crippen LogP contribution in [0.25, 0.3) is 0 Å². The normalized spacial score (nSPS) is 11.6. The van der Waals surface area contributed by atoms with Gasteiger partial charge in [-0.05, 0) is 24.8 Å². The third-order valence-electron chi connectivity index (χ3n) is 2.57. The quantitative estimate of drug-likeness (QED) is 0.694. The second-order valence-electron chi connectivity index (χ2n) is 4.15. The predicted octanol–water partition coefficient (Wildman–Crippen LogP) is 1.58. The van der Waals surface area contributed by atoms with Crippen molar-refractivity contribution < 1.29 is 13.2 Å². The van der Waals surface area contributed by atoms with Gasteiger partial charge in [-0.3, -0.25) is 0 Å². The SMILES string of the molecule is COCCCNS(=O)(=O)CCCc1ccccc1. The van der Waals surface area contributed by atoms with Crippen molar-refractivity contribution in [2.45, 2.75) is 19.3 Å². The van der Waals surface area contributed by atoms with E-state index in [0.717, 1.165) is 6.42 Å². The molecule has 18 heavy (non-hydrogen) atoms. The molecule has 0 spiro atoms. The fraction of sp³-hybridized carbons (Fsp3) is 0.538. The van der Waals surface area contributed by atoms with Gasteiger partial charge >= 0.3 is 0 Å². The molecule has 0 saturated heterocycles. The highest BCUT2D eigenvalue weighted by Gasteiger charge is 2.08. The van der Waals surface area contributed by atoms with Gasteiger partial charge in [0.05, 0.1) is 5.75 Å². The molecule has 0 heterocycles. The first-order chi connectivity index (χ1) is 8.64. The Morgan fingerprint density at radius 3 is 2.56 bits per heavy atom. The Labute approximate surface area is 109 Å². The lowest BCUT2D eigenvalue weighted by Gasteiger charge is -2.06. The molecule has 1 N–H and O–H groups in total. The second-order valence-corrected chi connectivity index (χ2v) is 6.08. The number of methoxy groups -OCH3 is 1. The summed E-state index contributed by atoms with van der Waals surface area (Å²) in [4.78, 5) is 0. The molecular weight excluding hydrogens is 250 g/mol. The van der Waals surface area contributed by atoms with Gasteiger partial charge in [-0.2, -0.15) is 0 Å². The largest absolute Gasteiger partial charge is 0.385 e. The van der Waals surface area contributed by atoms with E-state index in [-0.39, 0.29) is 5.75 Å². The molecule has 5 heteroatoms. The van der Waals surface area contributed by atoms with Crippen LogP contribution in [0.1, 0.15) is 18.4 Å². The summed E-state index contributed by atoms with van der Waals surface area (Å²) in [7, 11) is -1.53. The fourth-order valence-corrected chi connectivity index (χ4v) is 2.75. The number of ether oxygens (including phenoxy) is 1. The van der Waals surface area contributed by atoms with Crippen molar-refractivity contribution in [3.8, 4) is 0 Å². The molecule has 102 valence electrons. The molecule has 0 bridgehead atoms. The maximum atomic E-state index is 11.6. The maximum absolute atomic E-state index is 11.6. The maximum Gasteiger partial charge on any atom is 0.211 e. The number of benzene rings is 1. The number of rotatable bonds is 9. The number of nitrogens with one attached hydrogen (secondary N) is 1. The lowest BCUT2D eigenvalue weighted by atomic mass is 10.1. The minimum Gasteiger partial charge on any atom is -0.385 e. The van der Waals surface area contributed by atoms with Crippen molar-refractivity contribution >= 4 is 10.0 Å². The first-order valence-corrected chi connectivity index (χ1v) is 7.79. The Bertz CT molecular complexity index is 417. The predicted molar refractivity (Wildman–Crippen MR) is 73.0 cm³/mol. The van der Waals surface area contributed by atoms with Crippen LogP contribution in [0.2, 0.25) is 0 Å². The van der Waals surface area contributed by atoms with E-state index in [1.54, 1.807) is 7.11 Å². The highest BCUT2D eigenvalue weighted by molar-refractivity contribution is 7.89. The number of sulfonamides is 1. The van der Waals surface area contributed by atoms with Crippen molar-refractivity contribution in [2.24, 2.45) is 0 Å². The lowest BCUT2D eigenvalue weighted by molar-refractivity contribution is 0.196. The summed E-state index contributed by atoms with van der Waals surface area (Å²) in [5.74, 6) is 0.175. The minimum atomic E-state index is -3.14. The first kappa shape index (κ1) is 15.1. The Balaban J connectivity index is 2.21. The monoisotopic (exact) mass is 271 g/mol. The molecule has 1 rings (SSSR count). The first-order valence-electron chi connectivity index (χ1n) is 6.14. The summed E-state index contributed by atoms with van der Waals surface area (Å²) in [5.41, 5.74) is 1.17. The summed E-state index contributed by atoms with van der Waals surface area (Å²) in [6.45, 7) is 1.02. The summed E-state index contributed by atoms with van der Waals surface area (Å²) >= 11 is 0. The standard InChI is InChI=1S/C13H21NO3S/c1-17-11-6-10-14-18(15,16)12-5-9-13-7-3-2-4-8-13/h2-4,7-8,14H,5-6,9-12H2,1H3. The summed E-state index contributed by atoms with van der Waals surface area (Å²) in [6, 6.07) is 9.91. The van der Waals surface area contributed by atoms with Gasteiger partial charge in [-0.1, -0.05) is 30.3 Å². The molecule has 0 saturated carbocycles. The van der Waals surface area contributed by atoms with Crippen LogP contribution >= 0.6 is 0 Å². The number of aryl methyl sites for hydroxylation is 1. The van der Waals surface area contributed by atoms with Gasteiger partial charge in [0.2, 0.25) is 10.0 Å². The second kappa shape index (κ2) is 8.24. The molecule has 1 aromatic rings. The van der Waals surface area contributed by atoms with Crippen molar-refractivity contribution in [1.29, 1.82) is 0 Å². The van der Waals surface area contributed by atoms with E-state index in [1.165, 1.54) is 5.56 Å². The molecule has 0 fully saturated rings. The van der Waals surface area contributed by atoms with Crippen LogP contribution in [0, 0.1) is 0 Å². The Hall–Kier alpha value is -0.910. The number of hydrogen-bond acceptors (Lipinski definition) is 3. The van der Waals surface area contributed by atoms with Crippen molar-refractivity contribution in [3.05, 3.63) is 35.9 Å². The van der Waals surface area contributed by atoms with Crippen LogP contribution in [-0.2, 0) is 21.2 Å². The van der Waals surface area contributed by atoms with Crippen LogP contribution in [0.3, 0.4) is 0 Å². The summed E-state index contributed by atoms with van der Waals surface area (Å²) in [5, 5.41) is 0. The van der Waals surface area contributed by atoms with Gasteiger partial charge in [0.15, 0.2) is 0 Å². The molecule has 0 aliphatic rings. The highest BCUT2D eigenvalue weighted by atomic mass is 32.2. The van der Waals surface area contributed by atoms with Crippen molar-refractivity contribution in [2.75, 3.05) is 26.0 Å². The van der Waals surface area contributed by atoms with Gasteiger partial charge < -0.3 is 4.74 Å². The molecular formula is C13H21NO3S. The van der Waals surface area contributed by atoms with Gasteiger partial charge in [0, 0.05) is 20.3 Å².